The summed E-state index contributed by atoms with van der Waals surface area (Å²) in [5, 5.41) is 41.8. The Morgan fingerprint density at radius 3 is 2.18 bits per heavy atom. The molecule has 3 aliphatic heterocycles. The molecule has 1 unspecified atom stereocenters. The molecular formula is C46H72N4O10. The van der Waals surface area contributed by atoms with E-state index in [1.165, 1.54) is 7.11 Å². The Labute approximate surface area is 357 Å². The number of aliphatic hydroxyl groups excluding tert-OH is 2. The largest absolute Gasteiger partial charge is 0.387 e. The molecule has 5 rings (SSSR count). The molecule has 0 radical (unpaired) electrons. The Kier molecular flexibility index (Phi) is 16.6. The fraction of sp³-hybridized carbons (Fsp3) is 0.696. The van der Waals surface area contributed by atoms with Gasteiger partial charge in [0.1, 0.15) is 12.2 Å². The normalized spacial score (nSPS) is 38.6. The van der Waals surface area contributed by atoms with Crippen molar-refractivity contribution in [2.45, 2.75) is 153 Å². The summed E-state index contributed by atoms with van der Waals surface area (Å²) in [5.74, 6) is -2.12. The molecule has 0 bridgehead atoms. The van der Waals surface area contributed by atoms with Gasteiger partial charge >= 0.3 is 6.03 Å². The minimum atomic E-state index is -1.59. The molecule has 2 aromatic carbocycles. The molecule has 14 nitrogen and oxygen atoms in total. The zero-order valence-electron chi connectivity index (χ0n) is 37.3. The van der Waals surface area contributed by atoms with Gasteiger partial charge in [-0.05, 0) is 78.1 Å². The van der Waals surface area contributed by atoms with E-state index in [9.17, 15) is 24.9 Å². The molecule has 336 valence electrons. The van der Waals surface area contributed by atoms with Crippen LogP contribution in [0.25, 0.3) is 0 Å². The lowest BCUT2D eigenvalue weighted by molar-refractivity contribution is -0.317. The van der Waals surface area contributed by atoms with Crippen LogP contribution in [-0.4, -0.2) is 144 Å². The first kappa shape index (κ1) is 47.9. The summed E-state index contributed by atoms with van der Waals surface area (Å²) in [6.07, 6.45) is -5.45. The second-order valence-corrected chi connectivity index (χ2v) is 18.4. The van der Waals surface area contributed by atoms with Gasteiger partial charge in [-0.25, -0.2) is 4.79 Å². The number of nitrogens with zero attached hydrogens (tertiary/aromatic N) is 2. The Morgan fingerprint density at radius 1 is 0.933 bits per heavy atom. The van der Waals surface area contributed by atoms with E-state index in [1.54, 1.807) is 32.6 Å². The maximum absolute atomic E-state index is 14.7. The van der Waals surface area contributed by atoms with Crippen molar-refractivity contribution >= 4 is 11.9 Å². The van der Waals surface area contributed by atoms with Crippen LogP contribution in [0.5, 0.6) is 0 Å². The van der Waals surface area contributed by atoms with Crippen molar-refractivity contribution in [2.24, 2.45) is 17.8 Å². The van der Waals surface area contributed by atoms with Crippen LogP contribution >= 0.6 is 0 Å². The summed E-state index contributed by atoms with van der Waals surface area (Å²) < 4.78 is 32.0. The monoisotopic (exact) mass is 841 g/mol. The molecule has 60 heavy (non-hydrogen) atoms. The predicted molar refractivity (Wildman–Crippen MR) is 228 cm³/mol. The highest BCUT2D eigenvalue weighted by Gasteiger charge is 2.51. The zero-order valence-corrected chi connectivity index (χ0v) is 37.3. The van der Waals surface area contributed by atoms with Gasteiger partial charge in [0.25, 0.3) is 0 Å². The Hall–Kier alpha value is -3.18. The van der Waals surface area contributed by atoms with Gasteiger partial charge in [-0.3, -0.25) is 4.79 Å². The average Bonchev–Trinajstić information content (AvgIpc) is 3.20. The van der Waals surface area contributed by atoms with Gasteiger partial charge in [0.05, 0.1) is 47.6 Å². The van der Waals surface area contributed by atoms with Crippen LogP contribution in [0.15, 0.2) is 60.7 Å². The molecule has 3 aliphatic rings. The summed E-state index contributed by atoms with van der Waals surface area (Å²) in [7, 11) is 5.33. The molecule has 3 amide bonds. The number of likely N-dealkylation sites (N-methyl/N-ethyl adjacent to an activating group) is 1. The lowest BCUT2D eigenvalue weighted by atomic mass is 9.77. The molecule has 0 saturated carbocycles. The van der Waals surface area contributed by atoms with E-state index in [4.69, 9.17) is 23.7 Å². The van der Waals surface area contributed by atoms with Crippen molar-refractivity contribution in [3.8, 4) is 0 Å². The number of ether oxygens (including phenoxy) is 5. The smallest absolute Gasteiger partial charge is 0.317 e. The highest BCUT2D eigenvalue weighted by molar-refractivity contribution is 5.79. The second-order valence-electron chi connectivity index (χ2n) is 18.4. The number of amides is 3. The van der Waals surface area contributed by atoms with E-state index in [-0.39, 0.29) is 55.9 Å². The lowest BCUT2D eigenvalue weighted by Gasteiger charge is -2.48. The molecule has 5 N–H and O–H groups in total. The van der Waals surface area contributed by atoms with Crippen molar-refractivity contribution in [2.75, 3.05) is 34.3 Å². The molecule has 14 heteroatoms. The molecule has 3 heterocycles. The number of carbonyl (C=O) groups excluding carboxylic acids is 2. The van der Waals surface area contributed by atoms with Gasteiger partial charge in [0.2, 0.25) is 5.91 Å². The summed E-state index contributed by atoms with van der Waals surface area (Å²) in [6, 6.07) is 18.4. The number of methoxy groups -OCH3 is 1. The first-order chi connectivity index (χ1) is 28.3. The summed E-state index contributed by atoms with van der Waals surface area (Å²) >= 11 is 0. The van der Waals surface area contributed by atoms with E-state index in [0.29, 0.717) is 19.4 Å². The number of carbonyl (C=O) groups is 2. The van der Waals surface area contributed by atoms with E-state index in [2.05, 4.69) is 10.6 Å². The maximum Gasteiger partial charge on any atom is 0.317 e. The number of urea groups is 1. The fourth-order valence-corrected chi connectivity index (χ4v) is 9.47. The van der Waals surface area contributed by atoms with Gasteiger partial charge in [0, 0.05) is 45.1 Å². The number of nitrogens with one attached hydrogen (secondary N) is 2. The first-order valence-corrected chi connectivity index (χ1v) is 21.6. The zero-order chi connectivity index (χ0) is 43.9. The molecular weight excluding hydrogens is 769 g/mol. The van der Waals surface area contributed by atoms with Crippen molar-refractivity contribution < 1.29 is 48.6 Å². The van der Waals surface area contributed by atoms with E-state index in [0.717, 1.165) is 11.1 Å². The molecule has 3 fully saturated rings. The lowest BCUT2D eigenvalue weighted by Crippen LogP contribution is -2.60. The van der Waals surface area contributed by atoms with Crippen molar-refractivity contribution in [3.05, 3.63) is 71.8 Å². The van der Waals surface area contributed by atoms with E-state index >= 15 is 0 Å². The molecule has 2 aromatic rings. The summed E-state index contributed by atoms with van der Waals surface area (Å²) in [5.41, 5.74) is -0.645. The number of rotatable bonds is 10. The second kappa shape index (κ2) is 20.8. The third-order valence-electron chi connectivity index (χ3n) is 12.8. The van der Waals surface area contributed by atoms with Crippen LogP contribution in [0.1, 0.15) is 78.9 Å². The molecule has 0 aliphatic carbocycles. The van der Waals surface area contributed by atoms with E-state index in [1.807, 2.05) is 100 Å². The van der Waals surface area contributed by atoms with Crippen molar-refractivity contribution in [1.29, 1.82) is 0 Å². The van der Waals surface area contributed by atoms with Crippen LogP contribution in [0.3, 0.4) is 0 Å². The maximum atomic E-state index is 14.7. The molecule has 15 atom stereocenters. The van der Waals surface area contributed by atoms with E-state index < -0.39 is 72.2 Å². The number of benzene rings is 2. The Balaban J connectivity index is 1.56. The third-order valence-corrected chi connectivity index (χ3v) is 12.8. The minimum absolute atomic E-state index is 0.168. The molecule has 0 spiro atoms. The first-order valence-electron chi connectivity index (χ1n) is 21.6. The van der Waals surface area contributed by atoms with Gasteiger partial charge in [-0.1, -0.05) is 81.4 Å². The van der Waals surface area contributed by atoms with Gasteiger partial charge in [-0.2, -0.15) is 0 Å². The SMILES string of the molecule is CO[C@]1(C)C[C@H](O[C@H]2[C@H](C)[C@@H](O[C@@H]3O[C@H](C)C[C@H](N(C)C)[C@H]3O)[C@](C)(O)C[C@@H](C)CN(C(=O)NCc3ccccc3)CC(Cc3ccccc3)NC(=O)[C@@H]2C)O[C@@H](C)[C@@H]1O. The van der Waals surface area contributed by atoms with Gasteiger partial charge in [-0.15, -0.1) is 0 Å². The van der Waals surface area contributed by atoms with Gasteiger partial charge < -0.3 is 59.4 Å². The van der Waals surface area contributed by atoms with Crippen LogP contribution in [-0.2, 0) is 41.4 Å². The predicted octanol–water partition coefficient (Wildman–Crippen LogP) is 4.09. The fourth-order valence-electron chi connectivity index (χ4n) is 9.47. The highest BCUT2D eigenvalue weighted by atomic mass is 16.7. The Morgan fingerprint density at radius 2 is 1.57 bits per heavy atom. The van der Waals surface area contributed by atoms with Crippen LogP contribution in [0.2, 0.25) is 0 Å². The number of aliphatic hydroxyl groups is 3. The molecule has 0 aromatic heterocycles. The number of hydrogen-bond donors (Lipinski definition) is 5. The standard InChI is InChI=1S/C46H72N4O10/c1-28-23-45(6,55)41(60-43-38(51)36(49(8)9)21-29(2)57-43)30(3)39(59-37-24-46(7,56-10)40(52)32(5)58-37)31(4)42(53)48-35(22-33-17-13-11-14-18-33)27-50(26-28)44(54)47-25-34-19-15-12-16-20-34/h11-20,28-32,35-41,43,51-52,55H,21-27H2,1-10H3,(H,47,54)(H,48,53)/t28-,29-,30+,31-,32+,35?,36+,37+,38-,39+,40+,41-,43+,45-,46-/m1/s1. The van der Waals surface area contributed by atoms with Crippen molar-refractivity contribution in [3.63, 3.8) is 0 Å². The Bertz CT molecular complexity index is 1650. The minimum Gasteiger partial charge on any atom is -0.387 e. The highest BCUT2D eigenvalue weighted by Crippen LogP contribution is 2.39. The van der Waals surface area contributed by atoms with Crippen LogP contribution < -0.4 is 10.6 Å². The van der Waals surface area contributed by atoms with Crippen LogP contribution in [0, 0.1) is 17.8 Å². The molecule has 3 saturated heterocycles. The average molecular weight is 841 g/mol. The van der Waals surface area contributed by atoms with Crippen molar-refractivity contribution in [1.82, 2.24) is 20.4 Å². The third kappa shape index (κ3) is 12.0. The van der Waals surface area contributed by atoms with Gasteiger partial charge in [0.15, 0.2) is 12.6 Å². The number of hydrogen-bond acceptors (Lipinski definition) is 11. The topological polar surface area (TPSA) is 172 Å². The quantitative estimate of drug-likeness (QED) is 0.234. The van der Waals surface area contributed by atoms with Crippen LogP contribution in [0.4, 0.5) is 4.79 Å². The summed E-state index contributed by atoms with van der Waals surface area (Å²) in [6.45, 7) is 13.6. The summed E-state index contributed by atoms with van der Waals surface area (Å²) in [4.78, 5) is 32.6.